The Bertz CT molecular complexity index is 474. The zero-order valence-electron chi connectivity index (χ0n) is 9.84. The van der Waals surface area contributed by atoms with Crippen molar-refractivity contribution in [1.29, 1.82) is 0 Å². The molecular formula is C15H15NO. The summed E-state index contributed by atoms with van der Waals surface area (Å²) in [4.78, 5) is 4.07. The minimum Gasteiger partial charge on any atom is -0.497 e. The second-order valence-corrected chi connectivity index (χ2v) is 3.74. The molecule has 86 valence electrons. The van der Waals surface area contributed by atoms with Crippen molar-refractivity contribution in [2.24, 2.45) is 0 Å². The van der Waals surface area contributed by atoms with Crippen LogP contribution >= 0.6 is 0 Å². The molecule has 0 bridgehead atoms. The molecule has 0 fully saturated rings. The first-order valence-electron chi connectivity index (χ1n) is 5.58. The van der Waals surface area contributed by atoms with E-state index in [4.69, 9.17) is 4.74 Å². The van der Waals surface area contributed by atoms with Crippen molar-refractivity contribution in [3.05, 3.63) is 66.0 Å². The molecule has 2 nitrogen and oxygen atoms in total. The standard InChI is InChI=1S/C15H15NO/c1-17-15-9-7-13(8-10-15)4-2-5-14-6-3-11-16-12-14/h2-3,5-12H,4H2,1H3. The van der Waals surface area contributed by atoms with Crippen LogP contribution in [-0.2, 0) is 6.42 Å². The molecule has 0 saturated heterocycles. The molecule has 2 rings (SSSR count). The van der Waals surface area contributed by atoms with Gasteiger partial charge in [-0.2, -0.15) is 0 Å². The molecule has 0 unspecified atom stereocenters. The van der Waals surface area contributed by atoms with Gasteiger partial charge in [-0.15, -0.1) is 0 Å². The van der Waals surface area contributed by atoms with Crippen molar-refractivity contribution in [2.75, 3.05) is 7.11 Å². The molecule has 0 amide bonds. The third kappa shape index (κ3) is 3.45. The van der Waals surface area contributed by atoms with Gasteiger partial charge in [-0.1, -0.05) is 30.4 Å². The summed E-state index contributed by atoms with van der Waals surface area (Å²) in [6, 6.07) is 12.1. The lowest BCUT2D eigenvalue weighted by molar-refractivity contribution is 0.414. The molecule has 0 spiro atoms. The van der Waals surface area contributed by atoms with E-state index in [0.717, 1.165) is 17.7 Å². The first-order chi connectivity index (χ1) is 8.38. The number of benzene rings is 1. The van der Waals surface area contributed by atoms with Gasteiger partial charge in [-0.3, -0.25) is 4.98 Å². The Morgan fingerprint density at radius 2 is 2.00 bits per heavy atom. The van der Waals surface area contributed by atoms with E-state index in [2.05, 4.69) is 29.3 Å². The zero-order chi connectivity index (χ0) is 11.9. The van der Waals surface area contributed by atoms with Gasteiger partial charge in [0.25, 0.3) is 0 Å². The maximum atomic E-state index is 5.12. The third-order valence-electron chi connectivity index (χ3n) is 2.51. The topological polar surface area (TPSA) is 22.1 Å². The molecule has 1 heterocycles. The first kappa shape index (κ1) is 11.4. The van der Waals surface area contributed by atoms with Crippen LogP contribution in [0.15, 0.2) is 54.9 Å². The normalized spacial score (nSPS) is 10.6. The predicted molar refractivity (Wildman–Crippen MR) is 70.0 cm³/mol. The highest BCUT2D eigenvalue weighted by molar-refractivity contribution is 5.48. The molecule has 1 aromatic carbocycles. The van der Waals surface area contributed by atoms with Gasteiger partial charge in [0, 0.05) is 12.4 Å². The summed E-state index contributed by atoms with van der Waals surface area (Å²) in [7, 11) is 1.68. The highest BCUT2D eigenvalue weighted by Gasteiger charge is 1.91. The Kier molecular flexibility index (Phi) is 3.92. The fourth-order valence-corrected chi connectivity index (χ4v) is 1.57. The van der Waals surface area contributed by atoms with Crippen molar-refractivity contribution in [2.45, 2.75) is 6.42 Å². The highest BCUT2D eigenvalue weighted by Crippen LogP contribution is 2.12. The maximum Gasteiger partial charge on any atom is 0.118 e. The highest BCUT2D eigenvalue weighted by atomic mass is 16.5. The fraction of sp³-hybridized carbons (Fsp3) is 0.133. The molecule has 0 N–H and O–H groups in total. The van der Waals surface area contributed by atoms with Crippen LogP contribution in [-0.4, -0.2) is 12.1 Å². The smallest absolute Gasteiger partial charge is 0.118 e. The van der Waals surface area contributed by atoms with Gasteiger partial charge < -0.3 is 4.74 Å². The minimum absolute atomic E-state index is 0.894. The number of hydrogen-bond acceptors (Lipinski definition) is 2. The van der Waals surface area contributed by atoms with Gasteiger partial charge in [0.15, 0.2) is 0 Å². The van der Waals surface area contributed by atoms with Crippen molar-refractivity contribution in [3.8, 4) is 5.75 Å². The van der Waals surface area contributed by atoms with Crippen LogP contribution in [0.25, 0.3) is 6.08 Å². The lowest BCUT2D eigenvalue weighted by Crippen LogP contribution is -1.84. The number of nitrogens with zero attached hydrogens (tertiary/aromatic N) is 1. The van der Waals surface area contributed by atoms with Crippen LogP contribution in [0.4, 0.5) is 0 Å². The van der Waals surface area contributed by atoms with Gasteiger partial charge in [0.05, 0.1) is 7.11 Å². The Hall–Kier alpha value is -2.09. The predicted octanol–water partition coefficient (Wildman–Crippen LogP) is 3.35. The number of methoxy groups -OCH3 is 1. The van der Waals surface area contributed by atoms with E-state index in [9.17, 15) is 0 Å². The van der Waals surface area contributed by atoms with Gasteiger partial charge in [0.2, 0.25) is 0 Å². The molecule has 0 aliphatic rings. The van der Waals surface area contributed by atoms with E-state index >= 15 is 0 Å². The van der Waals surface area contributed by atoms with Crippen LogP contribution in [0, 0.1) is 0 Å². The summed E-state index contributed by atoms with van der Waals surface area (Å²) in [5, 5.41) is 0. The Morgan fingerprint density at radius 1 is 1.18 bits per heavy atom. The quantitative estimate of drug-likeness (QED) is 0.796. The molecule has 1 aromatic heterocycles. The molecular weight excluding hydrogens is 210 g/mol. The van der Waals surface area contributed by atoms with Crippen LogP contribution in [0.5, 0.6) is 5.75 Å². The Balaban J connectivity index is 1.95. The molecule has 0 radical (unpaired) electrons. The monoisotopic (exact) mass is 225 g/mol. The number of hydrogen-bond donors (Lipinski definition) is 0. The second-order valence-electron chi connectivity index (χ2n) is 3.74. The number of ether oxygens (including phenoxy) is 1. The first-order valence-corrected chi connectivity index (χ1v) is 5.58. The summed E-state index contributed by atoms with van der Waals surface area (Å²) in [6.45, 7) is 0. The Morgan fingerprint density at radius 3 is 2.65 bits per heavy atom. The van der Waals surface area contributed by atoms with E-state index < -0.39 is 0 Å². The number of rotatable bonds is 4. The summed E-state index contributed by atoms with van der Waals surface area (Å²) in [6.07, 6.45) is 8.76. The molecule has 0 atom stereocenters. The van der Waals surface area contributed by atoms with Crippen LogP contribution in [0.1, 0.15) is 11.1 Å². The largest absolute Gasteiger partial charge is 0.497 e. The third-order valence-corrected chi connectivity index (χ3v) is 2.51. The van der Waals surface area contributed by atoms with Crippen LogP contribution in [0.2, 0.25) is 0 Å². The lowest BCUT2D eigenvalue weighted by atomic mass is 10.1. The van der Waals surface area contributed by atoms with Gasteiger partial charge in [0.1, 0.15) is 5.75 Å². The van der Waals surface area contributed by atoms with Gasteiger partial charge >= 0.3 is 0 Å². The van der Waals surface area contributed by atoms with Gasteiger partial charge in [-0.25, -0.2) is 0 Å². The van der Waals surface area contributed by atoms with E-state index in [-0.39, 0.29) is 0 Å². The SMILES string of the molecule is COc1ccc(CC=Cc2cccnc2)cc1. The van der Waals surface area contributed by atoms with E-state index in [1.165, 1.54) is 5.56 Å². The number of allylic oxidation sites excluding steroid dienone is 1. The molecule has 2 aromatic rings. The van der Waals surface area contributed by atoms with Crippen molar-refractivity contribution in [1.82, 2.24) is 4.98 Å². The summed E-state index contributed by atoms with van der Waals surface area (Å²) >= 11 is 0. The molecule has 17 heavy (non-hydrogen) atoms. The summed E-state index contributed by atoms with van der Waals surface area (Å²) in [5.74, 6) is 0.894. The van der Waals surface area contributed by atoms with E-state index in [1.807, 2.05) is 30.5 Å². The van der Waals surface area contributed by atoms with Crippen molar-refractivity contribution >= 4 is 6.08 Å². The summed E-state index contributed by atoms with van der Waals surface area (Å²) < 4.78 is 5.12. The van der Waals surface area contributed by atoms with E-state index in [1.54, 1.807) is 13.3 Å². The maximum absolute atomic E-state index is 5.12. The van der Waals surface area contributed by atoms with Gasteiger partial charge in [-0.05, 0) is 35.7 Å². The molecule has 0 aliphatic carbocycles. The minimum atomic E-state index is 0.894. The molecule has 2 heteroatoms. The van der Waals surface area contributed by atoms with Crippen molar-refractivity contribution < 1.29 is 4.74 Å². The second kappa shape index (κ2) is 5.85. The number of pyridine rings is 1. The van der Waals surface area contributed by atoms with Crippen LogP contribution < -0.4 is 4.74 Å². The average molecular weight is 225 g/mol. The Labute approximate surface area is 102 Å². The zero-order valence-corrected chi connectivity index (χ0v) is 9.84. The molecule has 0 saturated carbocycles. The van der Waals surface area contributed by atoms with E-state index in [0.29, 0.717) is 0 Å². The fourth-order valence-electron chi connectivity index (χ4n) is 1.57. The van der Waals surface area contributed by atoms with Crippen LogP contribution in [0.3, 0.4) is 0 Å². The molecule has 0 aliphatic heterocycles. The van der Waals surface area contributed by atoms with Crippen molar-refractivity contribution in [3.63, 3.8) is 0 Å². The number of aromatic nitrogens is 1. The average Bonchev–Trinajstić information content (AvgIpc) is 2.41. The summed E-state index contributed by atoms with van der Waals surface area (Å²) in [5.41, 5.74) is 2.40. The lowest BCUT2D eigenvalue weighted by Gasteiger charge is -2.00.